The molecule has 7 nitrogen and oxygen atoms in total. The smallest absolute Gasteiger partial charge is 0.310 e. The molecule has 0 aliphatic heterocycles. The predicted octanol–water partition coefficient (Wildman–Crippen LogP) is 6.28. The molecule has 3 heterocycles. The van der Waals surface area contributed by atoms with Gasteiger partial charge in [-0.05, 0) is 87.4 Å². The zero-order valence-corrected chi connectivity index (χ0v) is 21.4. The van der Waals surface area contributed by atoms with E-state index in [1.54, 1.807) is 25.3 Å². The van der Waals surface area contributed by atoms with Crippen molar-refractivity contribution in [3.63, 3.8) is 0 Å². The molecule has 1 saturated carbocycles. The van der Waals surface area contributed by atoms with E-state index in [-0.39, 0.29) is 35.3 Å². The van der Waals surface area contributed by atoms with Crippen LogP contribution in [0.2, 0.25) is 0 Å². The van der Waals surface area contributed by atoms with Gasteiger partial charge in [0.25, 0.3) is 6.43 Å². The molecule has 2 N–H and O–H groups in total. The van der Waals surface area contributed by atoms with Crippen LogP contribution in [0, 0.1) is 18.8 Å². The molecule has 0 saturated heterocycles. The van der Waals surface area contributed by atoms with E-state index in [0.717, 1.165) is 11.1 Å². The highest BCUT2D eigenvalue weighted by molar-refractivity contribution is 6.17. The number of aromatic nitrogens is 3. The Hall–Kier alpha value is -3.17. The van der Waals surface area contributed by atoms with E-state index in [2.05, 4.69) is 20.3 Å². The summed E-state index contributed by atoms with van der Waals surface area (Å²) < 4.78 is 31.0. The van der Waals surface area contributed by atoms with Gasteiger partial charge in [-0.25, -0.2) is 18.7 Å². The van der Waals surface area contributed by atoms with Crippen molar-refractivity contribution < 1.29 is 23.4 Å². The Bertz CT molecular complexity index is 1230. The third-order valence-corrected chi connectivity index (χ3v) is 7.00. The largest absolute Gasteiger partial charge is 0.449 e. The first-order valence-electron chi connectivity index (χ1n) is 12.1. The van der Waals surface area contributed by atoms with Crippen LogP contribution in [-0.4, -0.2) is 32.1 Å². The van der Waals surface area contributed by atoms with Gasteiger partial charge >= 0.3 is 5.97 Å². The molecule has 0 unspecified atom stereocenters. The van der Waals surface area contributed by atoms with E-state index >= 15 is 0 Å². The molecule has 10 heteroatoms. The van der Waals surface area contributed by atoms with Crippen LogP contribution in [0.5, 0.6) is 0 Å². The monoisotopic (exact) mass is 530 g/mol. The van der Waals surface area contributed by atoms with Crippen molar-refractivity contribution in [1.29, 1.82) is 0 Å². The first kappa shape index (κ1) is 26.9. The molecule has 1 fully saturated rings. The van der Waals surface area contributed by atoms with E-state index in [4.69, 9.17) is 16.3 Å². The fourth-order valence-electron chi connectivity index (χ4n) is 4.78. The second-order valence-electron chi connectivity index (χ2n) is 9.52. The van der Waals surface area contributed by atoms with Crippen molar-refractivity contribution in [1.82, 2.24) is 15.0 Å². The SMILES string of the molecule is Cc1cc(Nc2cc(C(F)F)ccn2)nc(-c2ccc([C@](C)(O)C3CCC(C(=O)OCCl)CC3)nc2)c1. The van der Waals surface area contributed by atoms with Gasteiger partial charge in [-0.15, -0.1) is 0 Å². The Morgan fingerprint density at radius 1 is 1.16 bits per heavy atom. The highest BCUT2D eigenvalue weighted by atomic mass is 35.5. The minimum absolute atomic E-state index is 0.0460. The number of carbonyl (C=O) groups excluding carboxylic acids is 1. The number of aliphatic hydroxyl groups is 1. The number of alkyl halides is 3. The second-order valence-corrected chi connectivity index (χ2v) is 9.73. The molecule has 4 rings (SSSR count). The number of ether oxygens (including phenoxy) is 1. The third kappa shape index (κ3) is 6.40. The number of carbonyl (C=O) groups is 1. The quantitative estimate of drug-likeness (QED) is 0.261. The zero-order valence-electron chi connectivity index (χ0n) is 20.6. The maximum Gasteiger partial charge on any atom is 0.310 e. The molecule has 3 aromatic rings. The summed E-state index contributed by atoms with van der Waals surface area (Å²) in [6.07, 6.45) is 3.01. The van der Waals surface area contributed by atoms with Crippen molar-refractivity contribution in [2.75, 3.05) is 11.4 Å². The number of pyridine rings is 3. The molecule has 0 spiro atoms. The van der Waals surface area contributed by atoms with Crippen LogP contribution < -0.4 is 5.32 Å². The Balaban J connectivity index is 1.48. The second kappa shape index (κ2) is 11.5. The standard InChI is InChI=1S/C27H29ClF2N4O3/c1-16-11-21(33-24(12-16)34-23-13-18(25(29)30)9-10-31-23)19-5-8-22(32-14-19)27(2,36)20-6-3-17(4-7-20)26(35)37-15-28/h5,8-14,17,20,25,36H,3-4,6-7,15H2,1-2H3,(H,31,33,34)/t17?,20?,27-/m1/s1. The average Bonchev–Trinajstić information content (AvgIpc) is 2.89. The molecule has 1 aliphatic rings. The molecule has 0 aromatic carbocycles. The van der Waals surface area contributed by atoms with Crippen molar-refractivity contribution in [2.24, 2.45) is 11.8 Å². The fourth-order valence-corrected chi connectivity index (χ4v) is 4.89. The van der Waals surface area contributed by atoms with Crippen molar-refractivity contribution >= 4 is 29.2 Å². The van der Waals surface area contributed by atoms with Gasteiger partial charge in [0, 0.05) is 23.5 Å². The van der Waals surface area contributed by atoms with Crippen LogP contribution in [0.4, 0.5) is 20.4 Å². The lowest BCUT2D eigenvalue weighted by atomic mass is 9.73. The topological polar surface area (TPSA) is 97.2 Å². The number of nitrogens with one attached hydrogen (secondary N) is 1. The summed E-state index contributed by atoms with van der Waals surface area (Å²) in [5.41, 5.74) is 1.56. The summed E-state index contributed by atoms with van der Waals surface area (Å²) >= 11 is 5.50. The van der Waals surface area contributed by atoms with Gasteiger partial charge in [0.05, 0.1) is 17.3 Å². The number of esters is 1. The molecular weight excluding hydrogens is 502 g/mol. The molecule has 196 valence electrons. The van der Waals surface area contributed by atoms with Gasteiger partial charge < -0.3 is 15.2 Å². The van der Waals surface area contributed by atoms with Crippen LogP contribution in [0.3, 0.4) is 0 Å². The molecule has 0 bridgehead atoms. The lowest BCUT2D eigenvalue weighted by Gasteiger charge is -2.37. The van der Waals surface area contributed by atoms with Crippen molar-refractivity contribution in [3.8, 4) is 11.3 Å². The summed E-state index contributed by atoms with van der Waals surface area (Å²) in [5.74, 6) is 0.221. The first-order valence-corrected chi connectivity index (χ1v) is 12.6. The van der Waals surface area contributed by atoms with Gasteiger partial charge in [-0.2, -0.15) is 0 Å². The molecule has 1 atom stereocenters. The number of nitrogens with zero attached hydrogens (tertiary/aromatic N) is 3. The van der Waals surface area contributed by atoms with Gasteiger partial charge in [-0.1, -0.05) is 11.6 Å². The van der Waals surface area contributed by atoms with Crippen LogP contribution in [0.15, 0.2) is 48.8 Å². The van der Waals surface area contributed by atoms with E-state index in [9.17, 15) is 18.7 Å². The Labute approximate surface area is 219 Å². The van der Waals surface area contributed by atoms with E-state index in [1.807, 2.05) is 19.1 Å². The molecule has 0 radical (unpaired) electrons. The van der Waals surface area contributed by atoms with E-state index < -0.39 is 12.0 Å². The fraction of sp³-hybridized carbons (Fsp3) is 0.407. The Morgan fingerprint density at radius 2 is 1.92 bits per heavy atom. The Kier molecular flexibility index (Phi) is 8.34. The Morgan fingerprint density at radius 3 is 2.57 bits per heavy atom. The third-order valence-electron chi connectivity index (χ3n) is 6.89. The van der Waals surface area contributed by atoms with Gasteiger partial charge in [0.1, 0.15) is 17.2 Å². The number of halogens is 3. The minimum Gasteiger partial charge on any atom is -0.449 e. The lowest BCUT2D eigenvalue weighted by Crippen LogP contribution is -2.36. The van der Waals surface area contributed by atoms with Crippen LogP contribution in [-0.2, 0) is 15.1 Å². The highest BCUT2D eigenvalue weighted by Gasteiger charge is 2.39. The normalized spacial score (nSPS) is 19.3. The van der Waals surface area contributed by atoms with Crippen LogP contribution >= 0.6 is 11.6 Å². The molecule has 3 aromatic heterocycles. The molecule has 1 aliphatic carbocycles. The number of hydrogen-bond donors (Lipinski definition) is 2. The molecule has 0 amide bonds. The lowest BCUT2D eigenvalue weighted by molar-refractivity contribution is -0.149. The predicted molar refractivity (Wildman–Crippen MR) is 137 cm³/mol. The zero-order chi connectivity index (χ0) is 26.6. The van der Waals surface area contributed by atoms with Crippen molar-refractivity contribution in [2.45, 2.75) is 51.6 Å². The highest BCUT2D eigenvalue weighted by Crippen LogP contribution is 2.41. The van der Waals surface area contributed by atoms with E-state index in [0.29, 0.717) is 42.9 Å². The van der Waals surface area contributed by atoms with Crippen LogP contribution in [0.25, 0.3) is 11.3 Å². The minimum atomic E-state index is -2.59. The van der Waals surface area contributed by atoms with E-state index in [1.165, 1.54) is 18.3 Å². The number of anilines is 2. The van der Waals surface area contributed by atoms with Crippen LogP contribution in [0.1, 0.15) is 55.9 Å². The average molecular weight is 531 g/mol. The maximum atomic E-state index is 13.0. The van der Waals surface area contributed by atoms with Gasteiger partial charge in [0.15, 0.2) is 6.07 Å². The summed E-state index contributed by atoms with van der Waals surface area (Å²) in [6.45, 7) is 3.66. The number of hydrogen-bond acceptors (Lipinski definition) is 7. The molecule has 37 heavy (non-hydrogen) atoms. The summed E-state index contributed by atoms with van der Waals surface area (Å²) in [7, 11) is 0. The summed E-state index contributed by atoms with van der Waals surface area (Å²) in [4.78, 5) is 25.2. The summed E-state index contributed by atoms with van der Waals surface area (Å²) in [5, 5.41) is 14.3. The number of rotatable bonds is 8. The van der Waals surface area contributed by atoms with Gasteiger partial charge in [0.2, 0.25) is 0 Å². The molecular formula is C27H29ClF2N4O3. The van der Waals surface area contributed by atoms with Crippen molar-refractivity contribution in [3.05, 3.63) is 65.6 Å². The van der Waals surface area contributed by atoms with Gasteiger partial charge in [-0.3, -0.25) is 9.78 Å². The first-order chi connectivity index (χ1) is 17.7. The number of aryl methyl sites for hydroxylation is 1. The summed E-state index contributed by atoms with van der Waals surface area (Å²) in [6, 6.07) is 9.74. The maximum absolute atomic E-state index is 13.0.